The fourth-order valence-corrected chi connectivity index (χ4v) is 3.70. The lowest BCUT2D eigenvalue weighted by Gasteiger charge is -2.35. The van der Waals surface area contributed by atoms with Crippen LogP contribution in [0.1, 0.15) is 10.7 Å². The van der Waals surface area contributed by atoms with Crippen LogP contribution in [0.15, 0.2) is 0 Å². The highest BCUT2D eigenvalue weighted by Gasteiger charge is 2.38. The number of carbonyl (C=O) groups excluding carboxylic acids is 2. The van der Waals surface area contributed by atoms with Gasteiger partial charge in [-0.05, 0) is 6.92 Å². The molecule has 1 atom stereocenters. The number of rotatable bonds is 3. The molecule has 2 saturated heterocycles. The van der Waals surface area contributed by atoms with Gasteiger partial charge in [-0.1, -0.05) is 11.6 Å². The summed E-state index contributed by atoms with van der Waals surface area (Å²) in [6.07, 6.45) is 0.385. The number of aromatic nitrogens is 1. The van der Waals surface area contributed by atoms with Crippen LogP contribution >= 0.6 is 22.9 Å². The first-order chi connectivity index (χ1) is 10.5. The van der Waals surface area contributed by atoms with Crippen molar-refractivity contribution in [3.63, 3.8) is 0 Å². The van der Waals surface area contributed by atoms with Gasteiger partial charge in [-0.2, -0.15) is 0 Å². The van der Waals surface area contributed by atoms with Gasteiger partial charge in [-0.25, -0.2) is 14.6 Å². The van der Waals surface area contributed by atoms with Crippen LogP contribution in [0.4, 0.5) is 9.59 Å². The average molecular weight is 345 g/mol. The zero-order chi connectivity index (χ0) is 15.7. The minimum atomic E-state index is -0.277. The molecule has 9 heteroatoms. The zero-order valence-corrected chi connectivity index (χ0v) is 13.7. The number of ether oxygens (including phenoxy) is 1. The van der Waals surface area contributed by atoms with E-state index in [1.807, 2.05) is 6.92 Å². The van der Waals surface area contributed by atoms with E-state index in [1.54, 1.807) is 9.80 Å². The molecule has 2 aliphatic heterocycles. The molecule has 120 valence electrons. The predicted octanol–water partition coefficient (Wildman–Crippen LogP) is 1.49. The van der Waals surface area contributed by atoms with E-state index in [2.05, 4.69) is 10.3 Å². The monoisotopic (exact) mass is 344 g/mol. The molecule has 3 rings (SSSR count). The number of urea groups is 1. The molecule has 2 fully saturated rings. The summed E-state index contributed by atoms with van der Waals surface area (Å²) in [6.45, 7) is 4.31. The topological polar surface area (TPSA) is 74.8 Å². The first-order valence-corrected chi connectivity index (χ1v) is 8.32. The predicted molar refractivity (Wildman–Crippen MR) is 82.4 cm³/mol. The number of carbonyl (C=O) groups is 2. The molecule has 1 aromatic rings. The minimum Gasteiger partial charge on any atom is -0.447 e. The molecule has 1 aromatic heterocycles. The smallest absolute Gasteiger partial charge is 0.410 e. The van der Waals surface area contributed by atoms with Crippen LogP contribution in [0.3, 0.4) is 0 Å². The molecule has 3 amide bonds. The third kappa shape index (κ3) is 3.12. The van der Waals surface area contributed by atoms with Gasteiger partial charge in [0.25, 0.3) is 0 Å². The number of fused-ring (bicyclic) bond motifs is 1. The second kappa shape index (κ2) is 6.29. The molecular weight excluding hydrogens is 328 g/mol. The Balaban J connectivity index is 1.45. The van der Waals surface area contributed by atoms with Crippen molar-refractivity contribution in [1.29, 1.82) is 0 Å². The highest BCUT2D eigenvalue weighted by molar-refractivity contribution is 7.16. The molecule has 0 aliphatic carbocycles. The molecule has 3 heterocycles. The number of aryl methyl sites for hydroxylation is 1. The lowest BCUT2D eigenvalue weighted by molar-refractivity contribution is 0.127. The maximum atomic E-state index is 12.2. The van der Waals surface area contributed by atoms with E-state index in [0.717, 1.165) is 10.7 Å². The molecule has 1 N–H and O–H groups in total. The number of nitrogens with one attached hydrogen (secondary N) is 1. The minimum absolute atomic E-state index is 0.0209. The molecule has 0 radical (unpaired) electrons. The van der Waals surface area contributed by atoms with Gasteiger partial charge >= 0.3 is 12.1 Å². The lowest BCUT2D eigenvalue weighted by Crippen LogP contribution is -2.56. The van der Waals surface area contributed by atoms with E-state index in [0.29, 0.717) is 43.5 Å². The SMILES string of the molecule is Cc1nc(CCNC(=O)N2CCN3C(=O)OC[C@@H]3C2)sc1Cl. The number of halogens is 1. The number of cyclic esters (lactones) is 1. The molecule has 22 heavy (non-hydrogen) atoms. The van der Waals surface area contributed by atoms with Crippen molar-refractivity contribution in [2.45, 2.75) is 19.4 Å². The largest absolute Gasteiger partial charge is 0.447 e. The molecular formula is C13H17ClN4O3S. The van der Waals surface area contributed by atoms with Crippen LogP contribution < -0.4 is 5.32 Å². The van der Waals surface area contributed by atoms with Crippen LogP contribution in [0.5, 0.6) is 0 Å². The normalized spacial score (nSPS) is 20.8. The first kappa shape index (κ1) is 15.4. The number of hydrogen-bond donors (Lipinski definition) is 1. The molecule has 0 spiro atoms. The third-order valence-electron chi connectivity index (χ3n) is 3.80. The summed E-state index contributed by atoms with van der Waals surface area (Å²) in [4.78, 5) is 31.3. The van der Waals surface area contributed by atoms with E-state index >= 15 is 0 Å². The number of thiazole rings is 1. The zero-order valence-electron chi connectivity index (χ0n) is 12.2. The molecule has 0 unspecified atom stereocenters. The number of hydrogen-bond acceptors (Lipinski definition) is 5. The number of piperazine rings is 1. The summed E-state index contributed by atoms with van der Waals surface area (Å²) in [5.74, 6) is 0. The van der Waals surface area contributed by atoms with Gasteiger partial charge in [0.1, 0.15) is 10.9 Å². The van der Waals surface area contributed by atoms with Crippen molar-refractivity contribution >= 4 is 35.1 Å². The Morgan fingerprint density at radius 3 is 3.09 bits per heavy atom. The van der Waals surface area contributed by atoms with Gasteiger partial charge in [-0.15, -0.1) is 11.3 Å². The first-order valence-electron chi connectivity index (χ1n) is 7.12. The molecule has 0 aromatic carbocycles. The van der Waals surface area contributed by atoms with Crippen molar-refractivity contribution in [1.82, 2.24) is 20.1 Å². The molecule has 2 aliphatic rings. The van der Waals surface area contributed by atoms with E-state index < -0.39 is 0 Å². The molecule has 7 nitrogen and oxygen atoms in total. The van der Waals surface area contributed by atoms with Gasteiger partial charge in [0.2, 0.25) is 0 Å². The van der Waals surface area contributed by atoms with Crippen molar-refractivity contribution in [2.75, 3.05) is 32.8 Å². The maximum Gasteiger partial charge on any atom is 0.410 e. The Bertz CT molecular complexity index is 574. The Morgan fingerprint density at radius 1 is 1.55 bits per heavy atom. The summed E-state index contributed by atoms with van der Waals surface area (Å²) in [6, 6.07) is -0.134. The van der Waals surface area contributed by atoms with Gasteiger partial charge in [-0.3, -0.25) is 4.90 Å². The van der Waals surface area contributed by atoms with Crippen molar-refractivity contribution in [3.05, 3.63) is 15.0 Å². The number of amides is 3. The quantitative estimate of drug-likeness (QED) is 0.901. The Kier molecular flexibility index (Phi) is 4.39. The standard InChI is InChI=1S/C13H17ClN4O3S/c1-8-11(14)22-10(16-8)2-3-15-12(19)17-4-5-18-9(6-17)7-21-13(18)20/h9H,2-7H2,1H3,(H,15,19)/t9-/m0/s1. The van der Waals surface area contributed by atoms with Gasteiger partial charge in [0.15, 0.2) is 0 Å². The molecule has 0 saturated carbocycles. The van der Waals surface area contributed by atoms with Crippen LogP contribution in [0.2, 0.25) is 4.34 Å². The van der Waals surface area contributed by atoms with Crippen LogP contribution in [-0.4, -0.2) is 65.7 Å². The second-order valence-corrected chi connectivity index (χ2v) is 7.00. The third-order valence-corrected chi connectivity index (χ3v) is 5.31. The van der Waals surface area contributed by atoms with E-state index in [4.69, 9.17) is 16.3 Å². The molecule has 0 bridgehead atoms. The van der Waals surface area contributed by atoms with Crippen molar-refractivity contribution in [3.8, 4) is 0 Å². The summed E-state index contributed by atoms with van der Waals surface area (Å²) in [7, 11) is 0. The second-order valence-electron chi connectivity index (χ2n) is 5.32. The lowest BCUT2D eigenvalue weighted by atomic mass is 10.2. The Morgan fingerprint density at radius 2 is 2.36 bits per heavy atom. The van der Waals surface area contributed by atoms with E-state index in [-0.39, 0.29) is 18.2 Å². The summed E-state index contributed by atoms with van der Waals surface area (Å²) in [5, 5.41) is 3.81. The number of nitrogens with zero attached hydrogens (tertiary/aromatic N) is 3. The van der Waals surface area contributed by atoms with Gasteiger partial charge in [0, 0.05) is 32.6 Å². The van der Waals surface area contributed by atoms with Crippen molar-refractivity contribution < 1.29 is 14.3 Å². The van der Waals surface area contributed by atoms with E-state index in [9.17, 15) is 9.59 Å². The Labute approximate surface area is 137 Å². The maximum absolute atomic E-state index is 12.2. The van der Waals surface area contributed by atoms with Gasteiger partial charge < -0.3 is 15.0 Å². The summed E-state index contributed by atoms with van der Waals surface area (Å²) >= 11 is 7.42. The average Bonchev–Trinajstić information content (AvgIpc) is 3.02. The Hall–Kier alpha value is -1.54. The highest BCUT2D eigenvalue weighted by atomic mass is 35.5. The highest BCUT2D eigenvalue weighted by Crippen LogP contribution is 2.23. The van der Waals surface area contributed by atoms with Crippen LogP contribution in [0, 0.1) is 6.92 Å². The van der Waals surface area contributed by atoms with Gasteiger partial charge in [0.05, 0.1) is 16.7 Å². The van der Waals surface area contributed by atoms with Crippen LogP contribution in [-0.2, 0) is 11.2 Å². The van der Waals surface area contributed by atoms with Crippen molar-refractivity contribution in [2.24, 2.45) is 0 Å². The summed E-state index contributed by atoms with van der Waals surface area (Å²) in [5.41, 5.74) is 0.829. The fraction of sp³-hybridized carbons (Fsp3) is 0.615. The summed E-state index contributed by atoms with van der Waals surface area (Å²) < 4.78 is 5.69. The van der Waals surface area contributed by atoms with E-state index in [1.165, 1.54) is 11.3 Å². The van der Waals surface area contributed by atoms with Crippen LogP contribution in [0.25, 0.3) is 0 Å². The fourth-order valence-electron chi connectivity index (χ4n) is 2.60.